The third-order valence-electron chi connectivity index (χ3n) is 2.49. The van der Waals surface area contributed by atoms with Crippen LogP contribution in [-0.2, 0) is 0 Å². The Morgan fingerprint density at radius 1 is 1.19 bits per heavy atom. The number of carbonyl (C=O) groups is 2. The van der Waals surface area contributed by atoms with Crippen LogP contribution in [0.25, 0.3) is 0 Å². The highest BCUT2D eigenvalue weighted by Gasteiger charge is 2.17. The van der Waals surface area contributed by atoms with Crippen LogP contribution in [0.1, 0.15) is 20.8 Å². The average Bonchev–Trinajstić information content (AvgIpc) is 2.41. The molecule has 0 radical (unpaired) electrons. The first kappa shape index (κ1) is 15.8. The molecule has 0 unspecified atom stereocenters. The van der Waals surface area contributed by atoms with E-state index in [0.29, 0.717) is 4.47 Å². The first-order chi connectivity index (χ1) is 9.88. The first-order valence-electron chi connectivity index (χ1n) is 5.54. The van der Waals surface area contributed by atoms with Crippen molar-refractivity contribution in [2.24, 2.45) is 0 Å². The van der Waals surface area contributed by atoms with Crippen molar-refractivity contribution in [1.82, 2.24) is 4.98 Å². The molecule has 108 valence electrons. The van der Waals surface area contributed by atoms with Crippen LogP contribution in [0.3, 0.4) is 0 Å². The molecular formula is C13H7BrCl2N2O3. The van der Waals surface area contributed by atoms with Gasteiger partial charge in [-0.3, -0.25) is 4.79 Å². The number of nitrogens with zero attached hydrogens (tertiary/aromatic N) is 1. The standard InChI is InChI=1S/C13H7BrCl2N2O3/c14-6-1-2-7(13(20)21)9(5-6)17-12(19)11-8(15)3-4-10(16)18-11/h1-5H,(H,17,19)(H,20,21). The van der Waals surface area contributed by atoms with Gasteiger partial charge in [0.05, 0.1) is 16.3 Å². The van der Waals surface area contributed by atoms with Gasteiger partial charge in [0.15, 0.2) is 0 Å². The zero-order valence-electron chi connectivity index (χ0n) is 10.2. The summed E-state index contributed by atoms with van der Waals surface area (Å²) in [6, 6.07) is 7.28. The van der Waals surface area contributed by atoms with E-state index in [4.69, 9.17) is 28.3 Å². The molecule has 2 aromatic rings. The minimum Gasteiger partial charge on any atom is -0.478 e. The average molecular weight is 390 g/mol. The molecule has 0 fully saturated rings. The summed E-state index contributed by atoms with van der Waals surface area (Å²) in [5.74, 6) is -1.81. The molecule has 1 heterocycles. The summed E-state index contributed by atoms with van der Waals surface area (Å²) in [6.45, 7) is 0. The molecule has 1 aromatic carbocycles. The first-order valence-corrected chi connectivity index (χ1v) is 7.09. The summed E-state index contributed by atoms with van der Waals surface area (Å²) in [6.07, 6.45) is 0. The van der Waals surface area contributed by atoms with Gasteiger partial charge < -0.3 is 10.4 Å². The Balaban J connectivity index is 2.38. The van der Waals surface area contributed by atoms with E-state index in [1.54, 1.807) is 6.07 Å². The molecule has 1 amide bonds. The summed E-state index contributed by atoms with van der Waals surface area (Å²) in [4.78, 5) is 27.1. The van der Waals surface area contributed by atoms with Crippen LogP contribution in [0.4, 0.5) is 5.69 Å². The summed E-state index contributed by atoms with van der Waals surface area (Å²) in [5, 5.41) is 11.8. The summed E-state index contributed by atoms with van der Waals surface area (Å²) in [7, 11) is 0. The number of hydrogen-bond donors (Lipinski definition) is 2. The zero-order chi connectivity index (χ0) is 15.6. The molecule has 0 bridgehead atoms. The number of halogens is 3. The number of carboxylic acid groups (broad SMARTS) is 1. The van der Waals surface area contributed by atoms with Crippen LogP contribution < -0.4 is 5.32 Å². The SMILES string of the molecule is O=C(O)c1ccc(Br)cc1NC(=O)c1nc(Cl)ccc1Cl. The van der Waals surface area contributed by atoms with Crippen LogP contribution in [-0.4, -0.2) is 22.0 Å². The largest absolute Gasteiger partial charge is 0.478 e. The predicted molar refractivity (Wildman–Crippen MR) is 83.3 cm³/mol. The Morgan fingerprint density at radius 3 is 2.57 bits per heavy atom. The van der Waals surface area contributed by atoms with Crippen molar-refractivity contribution in [1.29, 1.82) is 0 Å². The number of nitrogens with one attached hydrogen (secondary N) is 1. The van der Waals surface area contributed by atoms with Gasteiger partial charge >= 0.3 is 5.97 Å². The van der Waals surface area contributed by atoms with Gasteiger partial charge in [0.1, 0.15) is 10.8 Å². The van der Waals surface area contributed by atoms with Crippen LogP contribution >= 0.6 is 39.1 Å². The maximum atomic E-state index is 12.1. The number of pyridine rings is 1. The Hall–Kier alpha value is -1.63. The lowest BCUT2D eigenvalue weighted by atomic mass is 10.1. The van der Waals surface area contributed by atoms with Gasteiger partial charge in [-0.15, -0.1) is 0 Å². The molecule has 0 atom stereocenters. The molecule has 0 spiro atoms. The lowest BCUT2D eigenvalue weighted by Crippen LogP contribution is -2.16. The molecule has 8 heteroatoms. The highest BCUT2D eigenvalue weighted by atomic mass is 79.9. The van der Waals surface area contributed by atoms with Gasteiger partial charge in [-0.1, -0.05) is 39.1 Å². The molecule has 1 aromatic heterocycles. The van der Waals surface area contributed by atoms with Crippen LogP contribution in [0.15, 0.2) is 34.8 Å². The minimum atomic E-state index is -1.16. The number of aromatic nitrogens is 1. The number of benzene rings is 1. The number of anilines is 1. The third-order valence-corrected chi connectivity index (χ3v) is 3.50. The fraction of sp³-hybridized carbons (Fsp3) is 0. The Kier molecular flexibility index (Phi) is 4.82. The van der Waals surface area contributed by atoms with E-state index in [-0.39, 0.29) is 27.1 Å². The van der Waals surface area contributed by atoms with E-state index < -0.39 is 11.9 Å². The molecule has 5 nitrogen and oxygen atoms in total. The molecule has 21 heavy (non-hydrogen) atoms. The zero-order valence-corrected chi connectivity index (χ0v) is 13.3. The molecule has 0 saturated carbocycles. The number of carboxylic acids is 1. The molecule has 2 rings (SSSR count). The number of aromatic carboxylic acids is 1. The molecule has 0 aliphatic rings. The molecule has 0 aliphatic carbocycles. The van der Waals surface area contributed by atoms with Gasteiger partial charge in [0.25, 0.3) is 5.91 Å². The Labute approximate surface area is 138 Å². The Bertz CT molecular complexity index is 737. The van der Waals surface area contributed by atoms with Gasteiger partial charge in [0.2, 0.25) is 0 Å². The second kappa shape index (κ2) is 6.43. The van der Waals surface area contributed by atoms with E-state index >= 15 is 0 Å². The van der Waals surface area contributed by atoms with Crippen molar-refractivity contribution in [2.75, 3.05) is 5.32 Å². The molecule has 0 saturated heterocycles. The highest BCUT2D eigenvalue weighted by molar-refractivity contribution is 9.10. The van der Waals surface area contributed by atoms with Crippen molar-refractivity contribution >= 4 is 56.7 Å². The topological polar surface area (TPSA) is 79.3 Å². The van der Waals surface area contributed by atoms with Crippen molar-refractivity contribution < 1.29 is 14.7 Å². The number of amides is 1. The van der Waals surface area contributed by atoms with Crippen molar-refractivity contribution in [3.63, 3.8) is 0 Å². The van der Waals surface area contributed by atoms with Crippen LogP contribution in [0.2, 0.25) is 10.2 Å². The lowest BCUT2D eigenvalue weighted by Gasteiger charge is -2.09. The number of rotatable bonds is 3. The molecule has 2 N–H and O–H groups in total. The van der Waals surface area contributed by atoms with Gasteiger partial charge in [0, 0.05) is 4.47 Å². The monoisotopic (exact) mass is 388 g/mol. The lowest BCUT2D eigenvalue weighted by molar-refractivity contribution is 0.0698. The van der Waals surface area contributed by atoms with E-state index in [0.717, 1.165) is 0 Å². The number of carbonyl (C=O) groups excluding carboxylic acids is 1. The van der Waals surface area contributed by atoms with Crippen LogP contribution in [0, 0.1) is 0 Å². The van der Waals surface area contributed by atoms with Crippen molar-refractivity contribution in [3.05, 3.63) is 56.2 Å². The summed E-state index contributed by atoms with van der Waals surface area (Å²) in [5.41, 5.74) is -0.00935. The normalized spacial score (nSPS) is 10.2. The molecule has 0 aliphatic heterocycles. The highest BCUT2D eigenvalue weighted by Crippen LogP contribution is 2.24. The number of hydrogen-bond acceptors (Lipinski definition) is 3. The van der Waals surface area contributed by atoms with E-state index in [1.165, 1.54) is 24.3 Å². The fourth-order valence-electron chi connectivity index (χ4n) is 1.57. The quantitative estimate of drug-likeness (QED) is 0.774. The van der Waals surface area contributed by atoms with Crippen LogP contribution in [0.5, 0.6) is 0 Å². The summed E-state index contributed by atoms with van der Waals surface area (Å²) >= 11 is 14.8. The van der Waals surface area contributed by atoms with E-state index in [9.17, 15) is 9.59 Å². The van der Waals surface area contributed by atoms with E-state index in [1.807, 2.05) is 0 Å². The maximum absolute atomic E-state index is 12.1. The third kappa shape index (κ3) is 3.72. The second-order valence-electron chi connectivity index (χ2n) is 3.91. The summed E-state index contributed by atoms with van der Waals surface area (Å²) < 4.78 is 0.618. The van der Waals surface area contributed by atoms with Crippen molar-refractivity contribution in [3.8, 4) is 0 Å². The second-order valence-corrected chi connectivity index (χ2v) is 5.62. The minimum absolute atomic E-state index is 0.0512. The van der Waals surface area contributed by atoms with Gasteiger partial charge in [-0.25, -0.2) is 9.78 Å². The van der Waals surface area contributed by atoms with Gasteiger partial charge in [-0.05, 0) is 30.3 Å². The fourth-order valence-corrected chi connectivity index (χ4v) is 2.27. The van der Waals surface area contributed by atoms with Crippen molar-refractivity contribution in [2.45, 2.75) is 0 Å². The smallest absolute Gasteiger partial charge is 0.337 e. The molecular weight excluding hydrogens is 383 g/mol. The van der Waals surface area contributed by atoms with Gasteiger partial charge in [-0.2, -0.15) is 0 Å². The van der Waals surface area contributed by atoms with E-state index in [2.05, 4.69) is 26.2 Å². The predicted octanol–water partition coefficient (Wildman–Crippen LogP) is 4.10. The Morgan fingerprint density at radius 2 is 1.90 bits per heavy atom. The maximum Gasteiger partial charge on any atom is 0.337 e.